The molecule has 0 aromatic heterocycles. The van der Waals surface area contributed by atoms with Gasteiger partial charge in [0.2, 0.25) is 0 Å². The standard InChI is InChI=1S/C5H8N2O/c6-5-2-7-1-4(5)3-8/h3-4,6-7H,1-2H2. The van der Waals surface area contributed by atoms with E-state index >= 15 is 0 Å². The van der Waals surface area contributed by atoms with Crippen LogP contribution in [0.2, 0.25) is 0 Å². The summed E-state index contributed by atoms with van der Waals surface area (Å²) in [7, 11) is 0. The Labute approximate surface area is 47.6 Å². The highest BCUT2D eigenvalue weighted by atomic mass is 16.1. The molecule has 1 unspecified atom stereocenters. The quantitative estimate of drug-likeness (QED) is 0.446. The van der Waals surface area contributed by atoms with Gasteiger partial charge in [0.15, 0.2) is 0 Å². The minimum Gasteiger partial charge on any atom is -0.310 e. The van der Waals surface area contributed by atoms with E-state index in [-0.39, 0.29) is 5.92 Å². The summed E-state index contributed by atoms with van der Waals surface area (Å²) in [4.78, 5) is 10.0. The number of carbonyl (C=O) groups is 1. The zero-order chi connectivity index (χ0) is 5.98. The Morgan fingerprint density at radius 1 is 1.88 bits per heavy atom. The highest BCUT2D eigenvalue weighted by molar-refractivity contribution is 5.98. The van der Waals surface area contributed by atoms with E-state index in [0.717, 1.165) is 6.29 Å². The molecule has 1 aliphatic heterocycles. The van der Waals surface area contributed by atoms with E-state index in [0.29, 0.717) is 18.8 Å². The van der Waals surface area contributed by atoms with Crippen molar-refractivity contribution in [3.05, 3.63) is 0 Å². The van der Waals surface area contributed by atoms with Crippen molar-refractivity contribution < 1.29 is 4.79 Å². The van der Waals surface area contributed by atoms with Crippen molar-refractivity contribution in [3.8, 4) is 0 Å². The predicted octanol–water partition coefficient (Wildman–Crippen LogP) is -0.576. The lowest BCUT2D eigenvalue weighted by atomic mass is 10.1. The third-order valence-corrected chi connectivity index (χ3v) is 1.29. The minimum absolute atomic E-state index is 0.144. The van der Waals surface area contributed by atoms with E-state index in [1.165, 1.54) is 0 Å². The van der Waals surface area contributed by atoms with Gasteiger partial charge in [-0.2, -0.15) is 0 Å². The molecule has 8 heavy (non-hydrogen) atoms. The zero-order valence-electron chi connectivity index (χ0n) is 4.48. The van der Waals surface area contributed by atoms with E-state index in [4.69, 9.17) is 5.41 Å². The molecule has 3 nitrogen and oxygen atoms in total. The number of hydrogen-bond donors (Lipinski definition) is 2. The Hall–Kier alpha value is -0.700. The molecule has 1 rings (SSSR count). The molecule has 0 aliphatic carbocycles. The van der Waals surface area contributed by atoms with Crippen molar-refractivity contribution in [2.75, 3.05) is 13.1 Å². The van der Waals surface area contributed by atoms with Gasteiger partial charge in [-0.05, 0) is 0 Å². The maximum absolute atomic E-state index is 10.0. The molecule has 1 aliphatic rings. The molecule has 0 saturated carbocycles. The van der Waals surface area contributed by atoms with Gasteiger partial charge in [0.1, 0.15) is 6.29 Å². The Balaban J connectivity index is 2.54. The van der Waals surface area contributed by atoms with Crippen LogP contribution in [0.25, 0.3) is 0 Å². The van der Waals surface area contributed by atoms with E-state index in [2.05, 4.69) is 5.32 Å². The average Bonchev–Trinajstić information content (AvgIpc) is 2.14. The SMILES string of the molecule is N=C1CNCC1C=O. The topological polar surface area (TPSA) is 53.0 Å². The molecule has 1 fully saturated rings. The molecule has 0 spiro atoms. The van der Waals surface area contributed by atoms with Crippen LogP contribution in [-0.4, -0.2) is 25.1 Å². The molecule has 0 aromatic rings. The van der Waals surface area contributed by atoms with Crippen LogP contribution in [0.15, 0.2) is 0 Å². The lowest BCUT2D eigenvalue weighted by Crippen LogP contribution is -2.11. The Bertz CT molecular complexity index is 122. The minimum atomic E-state index is -0.144. The fourth-order valence-electron chi connectivity index (χ4n) is 0.747. The summed E-state index contributed by atoms with van der Waals surface area (Å²) in [6, 6.07) is 0. The normalized spacial score (nSPS) is 28.5. The maximum Gasteiger partial charge on any atom is 0.129 e. The zero-order valence-corrected chi connectivity index (χ0v) is 4.48. The Kier molecular flexibility index (Phi) is 1.39. The third-order valence-electron chi connectivity index (χ3n) is 1.29. The predicted molar refractivity (Wildman–Crippen MR) is 30.2 cm³/mol. The number of aldehydes is 1. The second kappa shape index (κ2) is 2.05. The number of nitrogens with one attached hydrogen (secondary N) is 2. The molecule has 1 atom stereocenters. The van der Waals surface area contributed by atoms with Gasteiger partial charge in [0, 0.05) is 18.8 Å². The van der Waals surface area contributed by atoms with Gasteiger partial charge in [-0.3, -0.25) is 0 Å². The van der Waals surface area contributed by atoms with Crippen molar-refractivity contribution in [1.82, 2.24) is 5.32 Å². The number of rotatable bonds is 1. The maximum atomic E-state index is 10.0. The summed E-state index contributed by atoms with van der Waals surface area (Å²) in [5.74, 6) is -0.144. The highest BCUT2D eigenvalue weighted by Gasteiger charge is 2.18. The van der Waals surface area contributed by atoms with Gasteiger partial charge in [-0.15, -0.1) is 0 Å². The van der Waals surface area contributed by atoms with E-state index in [1.54, 1.807) is 0 Å². The summed E-state index contributed by atoms with van der Waals surface area (Å²) in [6.45, 7) is 1.24. The van der Waals surface area contributed by atoms with Crippen LogP contribution in [0.3, 0.4) is 0 Å². The summed E-state index contributed by atoms with van der Waals surface area (Å²) in [5.41, 5.74) is 0.514. The van der Waals surface area contributed by atoms with Crippen LogP contribution in [0.5, 0.6) is 0 Å². The molecule has 0 bridgehead atoms. The van der Waals surface area contributed by atoms with Crippen LogP contribution >= 0.6 is 0 Å². The largest absolute Gasteiger partial charge is 0.310 e. The summed E-state index contributed by atoms with van der Waals surface area (Å²) in [5, 5.41) is 10.0. The molecule has 3 heteroatoms. The van der Waals surface area contributed by atoms with E-state index in [1.807, 2.05) is 0 Å². The second-order valence-electron chi connectivity index (χ2n) is 1.90. The lowest BCUT2D eigenvalue weighted by molar-refractivity contribution is -0.109. The van der Waals surface area contributed by atoms with E-state index < -0.39 is 0 Å². The van der Waals surface area contributed by atoms with Crippen molar-refractivity contribution in [2.45, 2.75) is 0 Å². The van der Waals surface area contributed by atoms with Crippen LogP contribution in [-0.2, 0) is 4.79 Å². The van der Waals surface area contributed by atoms with Gasteiger partial charge >= 0.3 is 0 Å². The van der Waals surface area contributed by atoms with Crippen LogP contribution < -0.4 is 5.32 Å². The van der Waals surface area contributed by atoms with Gasteiger partial charge in [0.05, 0.1) is 5.92 Å². The third kappa shape index (κ3) is 0.767. The van der Waals surface area contributed by atoms with Gasteiger partial charge < -0.3 is 15.5 Å². The van der Waals surface area contributed by atoms with Crippen molar-refractivity contribution in [3.63, 3.8) is 0 Å². The first-order chi connectivity index (χ1) is 3.84. The first-order valence-electron chi connectivity index (χ1n) is 2.58. The van der Waals surface area contributed by atoms with E-state index in [9.17, 15) is 4.79 Å². The summed E-state index contributed by atoms with van der Waals surface area (Å²) in [6.07, 6.45) is 0.822. The molecule has 0 radical (unpaired) electrons. The fourth-order valence-corrected chi connectivity index (χ4v) is 0.747. The Morgan fingerprint density at radius 2 is 2.62 bits per heavy atom. The lowest BCUT2D eigenvalue weighted by Gasteiger charge is -1.92. The van der Waals surface area contributed by atoms with Crippen LogP contribution in [0.1, 0.15) is 0 Å². The molecule has 0 aromatic carbocycles. The van der Waals surface area contributed by atoms with Gasteiger partial charge in [-0.25, -0.2) is 0 Å². The molecule has 44 valence electrons. The molecule has 2 N–H and O–H groups in total. The van der Waals surface area contributed by atoms with Crippen LogP contribution in [0.4, 0.5) is 0 Å². The van der Waals surface area contributed by atoms with Crippen molar-refractivity contribution in [2.24, 2.45) is 5.92 Å². The summed E-state index contributed by atoms with van der Waals surface area (Å²) >= 11 is 0. The molecular formula is C5H8N2O. The van der Waals surface area contributed by atoms with Crippen molar-refractivity contribution >= 4 is 12.0 Å². The monoisotopic (exact) mass is 112 g/mol. The fraction of sp³-hybridized carbons (Fsp3) is 0.600. The smallest absolute Gasteiger partial charge is 0.129 e. The average molecular weight is 112 g/mol. The Morgan fingerprint density at radius 3 is 2.88 bits per heavy atom. The van der Waals surface area contributed by atoms with Gasteiger partial charge in [0.25, 0.3) is 0 Å². The molecule has 0 amide bonds. The number of carbonyl (C=O) groups excluding carboxylic acids is 1. The first kappa shape index (κ1) is 5.44. The van der Waals surface area contributed by atoms with Crippen molar-refractivity contribution in [1.29, 1.82) is 5.41 Å². The van der Waals surface area contributed by atoms with Crippen LogP contribution in [0, 0.1) is 11.3 Å². The second-order valence-corrected chi connectivity index (χ2v) is 1.90. The molecular weight excluding hydrogens is 104 g/mol. The number of hydrogen-bond acceptors (Lipinski definition) is 3. The summed E-state index contributed by atoms with van der Waals surface area (Å²) < 4.78 is 0. The molecule has 1 saturated heterocycles. The highest BCUT2D eigenvalue weighted by Crippen LogP contribution is 1.97. The van der Waals surface area contributed by atoms with Gasteiger partial charge in [-0.1, -0.05) is 0 Å². The first-order valence-corrected chi connectivity index (χ1v) is 2.58. The molecule has 1 heterocycles.